The van der Waals surface area contributed by atoms with Crippen molar-refractivity contribution in [3.05, 3.63) is 0 Å². The molecule has 0 spiro atoms. The van der Waals surface area contributed by atoms with Crippen molar-refractivity contribution in [2.24, 2.45) is 5.73 Å². The molecule has 13 heavy (non-hydrogen) atoms. The zero-order chi connectivity index (χ0) is 9.68. The van der Waals surface area contributed by atoms with Crippen LogP contribution in [0.4, 0.5) is 0 Å². The van der Waals surface area contributed by atoms with Crippen LogP contribution in [-0.2, 0) is 4.74 Å². The minimum atomic E-state index is 0.583. The van der Waals surface area contributed by atoms with Crippen LogP contribution >= 0.6 is 12.2 Å². The fourth-order valence-corrected chi connectivity index (χ4v) is 1.75. The van der Waals surface area contributed by atoms with Gasteiger partial charge in [-0.3, -0.25) is 4.90 Å². The first kappa shape index (κ1) is 10.9. The smallest absolute Gasteiger partial charge is 0.0740 e. The molecule has 76 valence electrons. The Balaban J connectivity index is 2.28. The number of hydrogen-bond acceptors (Lipinski definition) is 3. The summed E-state index contributed by atoms with van der Waals surface area (Å²) in [6, 6.07) is 0.583. The molecule has 0 aromatic carbocycles. The molecule has 1 aliphatic rings. The Labute approximate surface area is 85.2 Å². The van der Waals surface area contributed by atoms with Crippen molar-refractivity contribution < 1.29 is 4.74 Å². The number of rotatable bonds is 5. The lowest BCUT2D eigenvalue weighted by atomic mass is 10.2. The standard InChI is InChI=1S/C9H18N2OS/c1-2-11(5-3-9(10)13)8-4-6-12-7-8/h8H,2-7H2,1H3,(H2,10,13). The SMILES string of the molecule is CCN(CCC(N)=S)C1CCOC1. The lowest BCUT2D eigenvalue weighted by Crippen LogP contribution is -2.37. The van der Waals surface area contributed by atoms with Gasteiger partial charge < -0.3 is 10.5 Å². The van der Waals surface area contributed by atoms with E-state index in [1.165, 1.54) is 0 Å². The highest BCUT2D eigenvalue weighted by atomic mass is 32.1. The molecule has 1 heterocycles. The van der Waals surface area contributed by atoms with Gasteiger partial charge in [-0.05, 0) is 13.0 Å². The maximum absolute atomic E-state index is 5.47. The van der Waals surface area contributed by atoms with E-state index in [0.717, 1.165) is 39.1 Å². The van der Waals surface area contributed by atoms with Crippen molar-refractivity contribution in [1.82, 2.24) is 4.90 Å². The summed E-state index contributed by atoms with van der Waals surface area (Å²) in [5.41, 5.74) is 5.47. The number of thiocarbonyl (C=S) groups is 1. The van der Waals surface area contributed by atoms with Crippen LogP contribution < -0.4 is 5.73 Å². The monoisotopic (exact) mass is 202 g/mol. The van der Waals surface area contributed by atoms with Crippen molar-refractivity contribution in [2.75, 3.05) is 26.3 Å². The second kappa shape index (κ2) is 5.52. The molecule has 1 atom stereocenters. The highest BCUT2D eigenvalue weighted by Crippen LogP contribution is 2.12. The molecular formula is C9H18N2OS. The molecule has 0 aromatic heterocycles. The van der Waals surface area contributed by atoms with Crippen LogP contribution in [0.2, 0.25) is 0 Å². The van der Waals surface area contributed by atoms with E-state index in [9.17, 15) is 0 Å². The third-order valence-electron chi connectivity index (χ3n) is 2.47. The zero-order valence-corrected chi connectivity index (χ0v) is 8.98. The first-order valence-corrected chi connectivity index (χ1v) is 5.25. The molecule has 4 heteroatoms. The quantitative estimate of drug-likeness (QED) is 0.668. The Morgan fingerprint density at radius 2 is 2.46 bits per heavy atom. The Bertz CT molecular complexity index is 169. The van der Waals surface area contributed by atoms with E-state index in [0.29, 0.717) is 11.0 Å². The van der Waals surface area contributed by atoms with Crippen LogP contribution in [0.15, 0.2) is 0 Å². The second-order valence-electron chi connectivity index (χ2n) is 3.36. The Hall–Kier alpha value is -0.190. The fraction of sp³-hybridized carbons (Fsp3) is 0.889. The molecule has 1 unspecified atom stereocenters. The van der Waals surface area contributed by atoms with Gasteiger partial charge in [-0.1, -0.05) is 19.1 Å². The Morgan fingerprint density at radius 3 is 2.92 bits per heavy atom. The highest BCUT2D eigenvalue weighted by molar-refractivity contribution is 7.80. The molecule has 3 nitrogen and oxygen atoms in total. The zero-order valence-electron chi connectivity index (χ0n) is 8.16. The van der Waals surface area contributed by atoms with E-state index in [4.69, 9.17) is 22.7 Å². The fourth-order valence-electron chi connectivity index (χ4n) is 1.66. The molecule has 0 saturated carbocycles. The van der Waals surface area contributed by atoms with Crippen LogP contribution in [0.5, 0.6) is 0 Å². The molecule has 1 saturated heterocycles. The number of nitrogens with two attached hydrogens (primary N) is 1. The summed E-state index contributed by atoms with van der Waals surface area (Å²) in [6.07, 6.45) is 1.96. The number of ether oxygens (including phenoxy) is 1. The summed E-state index contributed by atoms with van der Waals surface area (Å²) < 4.78 is 5.34. The minimum Gasteiger partial charge on any atom is -0.393 e. The van der Waals surface area contributed by atoms with Crippen molar-refractivity contribution >= 4 is 17.2 Å². The van der Waals surface area contributed by atoms with Gasteiger partial charge in [0.15, 0.2) is 0 Å². The third kappa shape index (κ3) is 3.58. The summed E-state index contributed by atoms with van der Waals surface area (Å²) in [7, 11) is 0. The predicted octanol–water partition coefficient (Wildman–Crippen LogP) is 0.773. The molecular weight excluding hydrogens is 184 g/mol. The van der Waals surface area contributed by atoms with Gasteiger partial charge in [-0.2, -0.15) is 0 Å². The largest absolute Gasteiger partial charge is 0.393 e. The van der Waals surface area contributed by atoms with E-state index < -0.39 is 0 Å². The first-order valence-electron chi connectivity index (χ1n) is 4.84. The van der Waals surface area contributed by atoms with Crippen LogP contribution in [0, 0.1) is 0 Å². The van der Waals surface area contributed by atoms with Crippen LogP contribution in [0.3, 0.4) is 0 Å². The topological polar surface area (TPSA) is 38.5 Å². The molecule has 1 aliphatic heterocycles. The van der Waals surface area contributed by atoms with Crippen molar-refractivity contribution in [2.45, 2.75) is 25.8 Å². The number of likely N-dealkylation sites (N-methyl/N-ethyl adjacent to an activating group) is 1. The Morgan fingerprint density at radius 1 is 1.69 bits per heavy atom. The second-order valence-corrected chi connectivity index (χ2v) is 3.89. The lowest BCUT2D eigenvalue weighted by molar-refractivity contribution is 0.149. The molecule has 0 aliphatic carbocycles. The normalized spacial score (nSPS) is 22.5. The van der Waals surface area contributed by atoms with Gasteiger partial charge in [0.25, 0.3) is 0 Å². The summed E-state index contributed by atoms with van der Waals surface area (Å²) in [6.45, 7) is 5.95. The molecule has 0 aromatic rings. The maximum Gasteiger partial charge on any atom is 0.0740 e. The van der Waals surface area contributed by atoms with Gasteiger partial charge in [-0.25, -0.2) is 0 Å². The minimum absolute atomic E-state index is 0.583. The molecule has 2 N–H and O–H groups in total. The van der Waals surface area contributed by atoms with Gasteiger partial charge in [0.1, 0.15) is 0 Å². The molecule has 0 amide bonds. The van der Waals surface area contributed by atoms with Crippen molar-refractivity contribution in [1.29, 1.82) is 0 Å². The maximum atomic E-state index is 5.47. The third-order valence-corrected chi connectivity index (χ3v) is 2.68. The Kier molecular flexibility index (Phi) is 4.62. The average molecular weight is 202 g/mol. The van der Waals surface area contributed by atoms with E-state index in [1.807, 2.05) is 0 Å². The lowest BCUT2D eigenvalue weighted by Gasteiger charge is -2.25. The highest BCUT2D eigenvalue weighted by Gasteiger charge is 2.21. The van der Waals surface area contributed by atoms with Gasteiger partial charge >= 0.3 is 0 Å². The summed E-state index contributed by atoms with van der Waals surface area (Å²) in [5, 5.41) is 0. The van der Waals surface area contributed by atoms with Gasteiger partial charge in [-0.15, -0.1) is 0 Å². The van der Waals surface area contributed by atoms with Crippen molar-refractivity contribution in [3.63, 3.8) is 0 Å². The first-order chi connectivity index (χ1) is 6.24. The van der Waals surface area contributed by atoms with E-state index >= 15 is 0 Å². The summed E-state index contributed by atoms with van der Waals surface area (Å²) >= 11 is 4.86. The average Bonchev–Trinajstić information content (AvgIpc) is 2.58. The van der Waals surface area contributed by atoms with Gasteiger partial charge in [0.05, 0.1) is 11.6 Å². The van der Waals surface area contributed by atoms with E-state index in [-0.39, 0.29) is 0 Å². The van der Waals surface area contributed by atoms with Crippen LogP contribution in [-0.4, -0.2) is 42.2 Å². The molecule has 0 bridgehead atoms. The van der Waals surface area contributed by atoms with Gasteiger partial charge in [0.2, 0.25) is 0 Å². The van der Waals surface area contributed by atoms with Crippen LogP contribution in [0.1, 0.15) is 19.8 Å². The number of hydrogen-bond donors (Lipinski definition) is 1. The van der Waals surface area contributed by atoms with Gasteiger partial charge in [0, 0.05) is 25.6 Å². The van der Waals surface area contributed by atoms with E-state index in [2.05, 4.69) is 11.8 Å². The predicted molar refractivity (Wildman–Crippen MR) is 57.9 cm³/mol. The van der Waals surface area contributed by atoms with Crippen molar-refractivity contribution in [3.8, 4) is 0 Å². The number of nitrogens with zero attached hydrogens (tertiary/aromatic N) is 1. The van der Waals surface area contributed by atoms with Crippen LogP contribution in [0.25, 0.3) is 0 Å². The molecule has 1 rings (SSSR count). The molecule has 1 fully saturated rings. The summed E-state index contributed by atoms with van der Waals surface area (Å²) in [4.78, 5) is 3.00. The molecule has 0 radical (unpaired) electrons. The summed E-state index contributed by atoms with van der Waals surface area (Å²) in [5.74, 6) is 0. The van der Waals surface area contributed by atoms with E-state index in [1.54, 1.807) is 0 Å².